The monoisotopic (exact) mass is 456 g/mol. The number of fused-ring (bicyclic) bond motifs is 3. The summed E-state index contributed by atoms with van der Waals surface area (Å²) in [5.74, 6) is -1.09. The third-order valence-electron chi connectivity index (χ3n) is 7.17. The van der Waals surface area contributed by atoms with E-state index in [1.165, 1.54) is 0 Å². The Morgan fingerprint density at radius 3 is 2.09 bits per heavy atom. The Morgan fingerprint density at radius 1 is 0.941 bits per heavy atom. The van der Waals surface area contributed by atoms with Crippen molar-refractivity contribution in [2.45, 2.75) is 31.2 Å². The zero-order valence-corrected chi connectivity index (χ0v) is 19.2. The standard InChI is InChI=1S/C28H28N2O4/c1-19-8-2-7-13-25(19)30-16-14-28(15-17-30,26(31)32)29-27(33)34-18-24-22-11-5-3-9-20(22)21-10-4-6-12-23(21)24/h2-13,24H,14-18H2,1H3,(H,29,33)(H,31,32). The van der Waals surface area contributed by atoms with Gasteiger partial charge in [0.15, 0.2) is 0 Å². The zero-order chi connectivity index (χ0) is 23.7. The van der Waals surface area contributed by atoms with E-state index >= 15 is 0 Å². The van der Waals surface area contributed by atoms with Gasteiger partial charge in [-0.15, -0.1) is 0 Å². The average Bonchev–Trinajstić information content (AvgIpc) is 3.17. The van der Waals surface area contributed by atoms with E-state index in [4.69, 9.17) is 4.74 Å². The molecule has 3 aromatic rings. The Labute approximate surface area is 199 Å². The van der Waals surface area contributed by atoms with Crippen molar-refractivity contribution in [3.05, 3.63) is 89.5 Å². The lowest BCUT2D eigenvalue weighted by molar-refractivity contribution is -0.145. The molecule has 1 aliphatic heterocycles. The number of anilines is 1. The van der Waals surface area contributed by atoms with E-state index in [2.05, 4.69) is 34.5 Å². The maximum absolute atomic E-state index is 12.8. The molecule has 34 heavy (non-hydrogen) atoms. The lowest BCUT2D eigenvalue weighted by Gasteiger charge is -2.40. The topological polar surface area (TPSA) is 78.9 Å². The number of carbonyl (C=O) groups is 2. The van der Waals surface area contributed by atoms with Gasteiger partial charge in [-0.2, -0.15) is 0 Å². The molecule has 2 N–H and O–H groups in total. The average molecular weight is 457 g/mol. The molecule has 6 heteroatoms. The SMILES string of the molecule is Cc1ccccc1N1CCC(NC(=O)OCC2c3ccccc3-c3ccccc32)(C(=O)O)CC1. The molecule has 0 unspecified atom stereocenters. The molecule has 1 heterocycles. The number of amides is 1. The third-order valence-corrected chi connectivity index (χ3v) is 7.17. The molecular formula is C28H28N2O4. The van der Waals surface area contributed by atoms with Crippen molar-refractivity contribution >= 4 is 17.7 Å². The fourth-order valence-electron chi connectivity index (χ4n) is 5.27. The van der Waals surface area contributed by atoms with Crippen molar-refractivity contribution in [2.24, 2.45) is 0 Å². The van der Waals surface area contributed by atoms with Crippen LogP contribution >= 0.6 is 0 Å². The van der Waals surface area contributed by atoms with E-state index < -0.39 is 17.6 Å². The highest BCUT2D eigenvalue weighted by Crippen LogP contribution is 2.44. The van der Waals surface area contributed by atoms with Crippen molar-refractivity contribution in [3.8, 4) is 11.1 Å². The van der Waals surface area contributed by atoms with Gasteiger partial charge in [0.2, 0.25) is 0 Å². The van der Waals surface area contributed by atoms with E-state index in [1.54, 1.807) is 0 Å². The Balaban J connectivity index is 1.26. The minimum Gasteiger partial charge on any atom is -0.480 e. The van der Waals surface area contributed by atoms with Crippen LogP contribution in [0.2, 0.25) is 0 Å². The van der Waals surface area contributed by atoms with Crippen LogP contribution in [0.25, 0.3) is 11.1 Å². The van der Waals surface area contributed by atoms with Crippen LogP contribution in [0.15, 0.2) is 72.8 Å². The number of rotatable bonds is 5. The Morgan fingerprint density at radius 2 is 1.50 bits per heavy atom. The summed E-state index contributed by atoms with van der Waals surface area (Å²) in [4.78, 5) is 27.2. The van der Waals surface area contributed by atoms with Crippen LogP contribution < -0.4 is 10.2 Å². The number of nitrogens with zero attached hydrogens (tertiary/aromatic N) is 1. The first-order valence-electron chi connectivity index (χ1n) is 11.7. The Hall–Kier alpha value is -3.80. The van der Waals surface area contributed by atoms with E-state index in [-0.39, 0.29) is 12.5 Å². The fourth-order valence-corrected chi connectivity index (χ4v) is 5.27. The van der Waals surface area contributed by atoms with Crippen molar-refractivity contribution in [2.75, 3.05) is 24.6 Å². The summed E-state index contributed by atoms with van der Waals surface area (Å²) in [6, 6.07) is 24.3. The quantitative estimate of drug-likeness (QED) is 0.568. The number of nitrogens with one attached hydrogen (secondary N) is 1. The molecule has 1 fully saturated rings. The highest BCUT2D eigenvalue weighted by molar-refractivity contribution is 5.85. The molecular weight excluding hydrogens is 428 g/mol. The van der Waals surface area contributed by atoms with Crippen molar-refractivity contribution in [1.29, 1.82) is 0 Å². The molecule has 6 nitrogen and oxygen atoms in total. The van der Waals surface area contributed by atoms with Crippen LogP contribution in [-0.4, -0.2) is 42.4 Å². The summed E-state index contributed by atoms with van der Waals surface area (Å²) in [6.07, 6.45) is -0.0737. The zero-order valence-electron chi connectivity index (χ0n) is 19.2. The number of aryl methyl sites for hydroxylation is 1. The van der Waals surface area contributed by atoms with E-state index in [0.29, 0.717) is 25.9 Å². The molecule has 0 spiro atoms. The number of carbonyl (C=O) groups excluding carboxylic acids is 1. The van der Waals surface area contributed by atoms with Crippen LogP contribution in [0.4, 0.5) is 10.5 Å². The number of piperidine rings is 1. The number of hydrogen-bond donors (Lipinski definition) is 2. The number of carboxylic acid groups (broad SMARTS) is 1. The summed E-state index contributed by atoms with van der Waals surface area (Å²) in [6.45, 7) is 3.29. The van der Waals surface area contributed by atoms with Crippen LogP contribution in [0.1, 0.15) is 35.4 Å². The van der Waals surface area contributed by atoms with Crippen LogP contribution in [0, 0.1) is 6.92 Å². The lowest BCUT2D eigenvalue weighted by atomic mass is 9.87. The fraction of sp³-hybridized carbons (Fsp3) is 0.286. The molecule has 0 aromatic heterocycles. The first-order chi connectivity index (χ1) is 16.5. The first kappa shape index (κ1) is 22.0. The van der Waals surface area contributed by atoms with Gasteiger partial charge in [0.05, 0.1) is 0 Å². The van der Waals surface area contributed by atoms with Crippen molar-refractivity contribution in [1.82, 2.24) is 5.32 Å². The molecule has 1 saturated heterocycles. The van der Waals surface area contributed by atoms with Crippen LogP contribution in [0.5, 0.6) is 0 Å². The largest absolute Gasteiger partial charge is 0.480 e. The van der Waals surface area contributed by atoms with Gasteiger partial charge in [0.25, 0.3) is 0 Å². The molecule has 5 rings (SSSR count). The van der Waals surface area contributed by atoms with Gasteiger partial charge in [-0.05, 0) is 53.6 Å². The molecule has 174 valence electrons. The van der Waals surface area contributed by atoms with Crippen molar-refractivity contribution in [3.63, 3.8) is 0 Å². The number of carboxylic acids is 1. The highest BCUT2D eigenvalue weighted by atomic mass is 16.5. The maximum Gasteiger partial charge on any atom is 0.408 e. The number of aliphatic carboxylic acids is 1. The third kappa shape index (κ3) is 3.89. The van der Waals surface area contributed by atoms with E-state index in [9.17, 15) is 14.7 Å². The van der Waals surface area contributed by atoms with Gasteiger partial charge in [-0.25, -0.2) is 9.59 Å². The number of benzene rings is 3. The highest BCUT2D eigenvalue weighted by Gasteiger charge is 2.44. The number of alkyl carbamates (subject to hydrolysis) is 1. The van der Waals surface area contributed by atoms with Gasteiger partial charge < -0.3 is 20.1 Å². The van der Waals surface area contributed by atoms with Crippen molar-refractivity contribution < 1.29 is 19.4 Å². The molecule has 3 aromatic carbocycles. The van der Waals surface area contributed by atoms with Gasteiger partial charge in [-0.3, -0.25) is 0 Å². The molecule has 0 bridgehead atoms. The Kier molecular flexibility index (Phi) is 5.74. The first-order valence-corrected chi connectivity index (χ1v) is 11.7. The summed E-state index contributed by atoms with van der Waals surface area (Å²) in [5.41, 5.74) is 5.46. The molecule has 0 saturated carbocycles. The molecule has 0 radical (unpaired) electrons. The minimum atomic E-state index is -1.33. The van der Waals surface area contributed by atoms with Gasteiger partial charge in [0.1, 0.15) is 12.1 Å². The predicted molar refractivity (Wildman–Crippen MR) is 131 cm³/mol. The van der Waals surface area contributed by atoms with E-state index in [0.717, 1.165) is 33.5 Å². The normalized spacial score (nSPS) is 16.4. The van der Waals surface area contributed by atoms with E-state index in [1.807, 2.05) is 55.5 Å². The number of ether oxygens (including phenoxy) is 1. The maximum atomic E-state index is 12.8. The second-order valence-corrected chi connectivity index (χ2v) is 9.11. The number of para-hydroxylation sites is 1. The van der Waals surface area contributed by atoms with Gasteiger partial charge in [-0.1, -0.05) is 66.7 Å². The summed E-state index contributed by atoms with van der Waals surface area (Å²) >= 11 is 0. The molecule has 1 aliphatic carbocycles. The summed E-state index contributed by atoms with van der Waals surface area (Å²) in [5, 5.41) is 12.7. The summed E-state index contributed by atoms with van der Waals surface area (Å²) < 4.78 is 5.62. The second-order valence-electron chi connectivity index (χ2n) is 9.11. The van der Waals surface area contributed by atoms with Crippen LogP contribution in [0.3, 0.4) is 0 Å². The van der Waals surface area contributed by atoms with Gasteiger partial charge >= 0.3 is 12.1 Å². The minimum absolute atomic E-state index is 0.0677. The molecule has 0 atom stereocenters. The smallest absolute Gasteiger partial charge is 0.408 e. The molecule has 2 aliphatic rings. The lowest BCUT2D eigenvalue weighted by Crippen LogP contribution is -2.60. The summed E-state index contributed by atoms with van der Waals surface area (Å²) in [7, 11) is 0. The number of hydrogen-bond acceptors (Lipinski definition) is 4. The predicted octanol–water partition coefficient (Wildman–Crippen LogP) is 4.96. The molecule has 1 amide bonds. The Bertz CT molecular complexity index is 1180. The van der Waals surface area contributed by atoms with Crippen LogP contribution in [-0.2, 0) is 9.53 Å². The van der Waals surface area contributed by atoms with Gasteiger partial charge in [0, 0.05) is 24.7 Å². The second kappa shape index (κ2) is 8.86.